The first-order chi connectivity index (χ1) is 8.70. The molecule has 0 amide bonds. The number of nitrogens with two attached hydrogens (primary N) is 1. The summed E-state index contributed by atoms with van der Waals surface area (Å²) in [6.07, 6.45) is 0.0497. The van der Waals surface area contributed by atoms with Crippen molar-refractivity contribution in [2.75, 3.05) is 0 Å². The van der Waals surface area contributed by atoms with E-state index in [9.17, 15) is 0 Å². The number of ether oxygens (including phenoxy) is 1. The van der Waals surface area contributed by atoms with Crippen molar-refractivity contribution in [3.63, 3.8) is 0 Å². The Morgan fingerprint density at radius 2 is 1.83 bits per heavy atom. The summed E-state index contributed by atoms with van der Waals surface area (Å²) >= 11 is 0. The maximum Gasteiger partial charge on any atom is 0.123 e. The monoisotopic (exact) mass is 241 g/mol. The summed E-state index contributed by atoms with van der Waals surface area (Å²) in [6.45, 7) is 4.67. The molecule has 2 rings (SSSR count). The van der Waals surface area contributed by atoms with Crippen LogP contribution in [0.3, 0.4) is 0 Å². The lowest BCUT2D eigenvalue weighted by Crippen LogP contribution is -2.04. The van der Waals surface area contributed by atoms with Crippen molar-refractivity contribution in [3.05, 3.63) is 65.2 Å². The van der Waals surface area contributed by atoms with Crippen molar-refractivity contribution in [3.8, 4) is 5.75 Å². The topological polar surface area (TPSA) is 35.2 Å². The van der Waals surface area contributed by atoms with E-state index in [-0.39, 0.29) is 6.10 Å². The second kappa shape index (κ2) is 5.69. The Kier molecular flexibility index (Phi) is 4.00. The van der Waals surface area contributed by atoms with Crippen LogP contribution in [0, 0.1) is 6.92 Å². The molecule has 94 valence electrons. The molecule has 1 unspecified atom stereocenters. The van der Waals surface area contributed by atoms with Crippen molar-refractivity contribution in [1.82, 2.24) is 0 Å². The molecule has 2 N–H and O–H groups in total. The standard InChI is InChI=1S/C16H19NO/c1-12-10-14(11-17)8-9-16(12)18-13(2)15-6-4-3-5-7-15/h3-10,13H,11,17H2,1-2H3. The molecule has 0 aromatic heterocycles. The molecule has 2 nitrogen and oxygen atoms in total. The van der Waals surface area contributed by atoms with Crippen molar-refractivity contribution in [2.45, 2.75) is 26.5 Å². The molecule has 18 heavy (non-hydrogen) atoms. The lowest BCUT2D eigenvalue weighted by Gasteiger charge is -2.17. The Morgan fingerprint density at radius 3 is 2.44 bits per heavy atom. The van der Waals surface area contributed by atoms with Crippen molar-refractivity contribution < 1.29 is 4.74 Å². The number of hydrogen-bond acceptors (Lipinski definition) is 2. The number of rotatable bonds is 4. The van der Waals surface area contributed by atoms with E-state index in [1.54, 1.807) is 0 Å². The fraction of sp³-hybridized carbons (Fsp3) is 0.250. The Labute approximate surface area is 108 Å². The van der Waals surface area contributed by atoms with Gasteiger partial charge in [-0.25, -0.2) is 0 Å². The van der Waals surface area contributed by atoms with E-state index in [4.69, 9.17) is 10.5 Å². The zero-order valence-electron chi connectivity index (χ0n) is 10.9. The van der Waals surface area contributed by atoms with Crippen LogP contribution in [0.2, 0.25) is 0 Å². The zero-order chi connectivity index (χ0) is 13.0. The molecule has 0 radical (unpaired) electrons. The summed E-state index contributed by atoms with van der Waals surface area (Å²) in [5.74, 6) is 0.920. The third-order valence-corrected chi connectivity index (χ3v) is 3.05. The highest BCUT2D eigenvalue weighted by molar-refractivity contribution is 5.36. The predicted molar refractivity (Wildman–Crippen MR) is 74.6 cm³/mol. The maximum atomic E-state index is 5.99. The highest BCUT2D eigenvalue weighted by Crippen LogP contribution is 2.25. The van der Waals surface area contributed by atoms with Gasteiger partial charge in [-0.2, -0.15) is 0 Å². The summed E-state index contributed by atoms with van der Waals surface area (Å²) in [6, 6.07) is 16.3. The first kappa shape index (κ1) is 12.7. The Balaban J connectivity index is 2.14. The molecule has 0 spiro atoms. The maximum absolute atomic E-state index is 5.99. The zero-order valence-corrected chi connectivity index (χ0v) is 10.9. The van der Waals surface area contributed by atoms with Crippen molar-refractivity contribution >= 4 is 0 Å². The normalized spacial score (nSPS) is 12.2. The largest absolute Gasteiger partial charge is 0.486 e. The van der Waals surface area contributed by atoms with Crippen LogP contribution in [0.25, 0.3) is 0 Å². The number of hydrogen-bond donors (Lipinski definition) is 1. The summed E-state index contributed by atoms with van der Waals surface area (Å²) in [5, 5.41) is 0. The summed E-state index contributed by atoms with van der Waals surface area (Å²) in [7, 11) is 0. The van der Waals surface area contributed by atoms with Crippen LogP contribution in [0.1, 0.15) is 29.7 Å². The van der Waals surface area contributed by atoms with Gasteiger partial charge in [0.05, 0.1) is 0 Å². The van der Waals surface area contributed by atoms with Crippen LogP contribution in [0.15, 0.2) is 48.5 Å². The van der Waals surface area contributed by atoms with Gasteiger partial charge in [-0.1, -0.05) is 42.5 Å². The second-order valence-electron chi connectivity index (χ2n) is 4.47. The minimum absolute atomic E-state index is 0.0497. The third-order valence-electron chi connectivity index (χ3n) is 3.05. The van der Waals surface area contributed by atoms with E-state index >= 15 is 0 Å². The van der Waals surface area contributed by atoms with Gasteiger partial charge < -0.3 is 10.5 Å². The van der Waals surface area contributed by atoms with Crippen LogP contribution < -0.4 is 10.5 Å². The summed E-state index contributed by atoms with van der Waals surface area (Å²) < 4.78 is 5.99. The minimum atomic E-state index is 0.0497. The lowest BCUT2D eigenvalue weighted by atomic mass is 10.1. The average Bonchev–Trinajstić information content (AvgIpc) is 2.42. The van der Waals surface area contributed by atoms with Gasteiger partial charge in [0.15, 0.2) is 0 Å². The molecule has 0 heterocycles. The van der Waals surface area contributed by atoms with Gasteiger partial charge in [-0.05, 0) is 36.6 Å². The molecule has 1 atom stereocenters. The number of benzene rings is 2. The van der Waals surface area contributed by atoms with E-state index in [0.29, 0.717) is 6.54 Å². The summed E-state index contributed by atoms with van der Waals surface area (Å²) in [4.78, 5) is 0. The molecule has 2 heteroatoms. The summed E-state index contributed by atoms with van der Waals surface area (Å²) in [5.41, 5.74) is 9.06. The Hall–Kier alpha value is -1.80. The predicted octanol–water partition coefficient (Wildman–Crippen LogP) is 3.59. The highest BCUT2D eigenvalue weighted by atomic mass is 16.5. The van der Waals surface area contributed by atoms with Crippen molar-refractivity contribution in [1.29, 1.82) is 0 Å². The van der Waals surface area contributed by atoms with Crippen molar-refractivity contribution in [2.24, 2.45) is 5.73 Å². The molecule has 2 aromatic rings. The van der Waals surface area contributed by atoms with Gasteiger partial charge in [-0.3, -0.25) is 0 Å². The van der Waals surface area contributed by atoms with Gasteiger partial charge >= 0.3 is 0 Å². The van der Waals surface area contributed by atoms with Crippen LogP contribution in [-0.4, -0.2) is 0 Å². The third kappa shape index (κ3) is 2.90. The smallest absolute Gasteiger partial charge is 0.123 e. The molecule has 2 aromatic carbocycles. The van der Waals surface area contributed by atoms with Crippen LogP contribution in [0.4, 0.5) is 0 Å². The van der Waals surface area contributed by atoms with Crippen LogP contribution in [0.5, 0.6) is 5.75 Å². The van der Waals surface area contributed by atoms with E-state index < -0.39 is 0 Å². The molecular weight excluding hydrogens is 222 g/mol. The average molecular weight is 241 g/mol. The first-order valence-corrected chi connectivity index (χ1v) is 6.22. The highest BCUT2D eigenvalue weighted by Gasteiger charge is 2.08. The number of aryl methyl sites for hydroxylation is 1. The lowest BCUT2D eigenvalue weighted by molar-refractivity contribution is 0.225. The molecule has 0 aliphatic carbocycles. The molecular formula is C16H19NO. The second-order valence-corrected chi connectivity index (χ2v) is 4.47. The first-order valence-electron chi connectivity index (χ1n) is 6.22. The van der Waals surface area contributed by atoms with E-state index in [1.165, 1.54) is 5.56 Å². The van der Waals surface area contributed by atoms with Gasteiger partial charge in [0.25, 0.3) is 0 Å². The van der Waals surface area contributed by atoms with E-state index in [1.807, 2.05) is 37.3 Å². The Morgan fingerprint density at radius 1 is 1.11 bits per heavy atom. The molecule has 0 saturated heterocycles. The molecule has 0 fully saturated rings. The van der Waals surface area contributed by atoms with E-state index in [2.05, 4.69) is 25.1 Å². The van der Waals surface area contributed by atoms with Gasteiger partial charge in [-0.15, -0.1) is 0 Å². The minimum Gasteiger partial charge on any atom is -0.486 e. The quantitative estimate of drug-likeness (QED) is 0.887. The van der Waals surface area contributed by atoms with Crippen LogP contribution >= 0.6 is 0 Å². The van der Waals surface area contributed by atoms with Gasteiger partial charge in [0.1, 0.15) is 11.9 Å². The van der Waals surface area contributed by atoms with Crippen LogP contribution in [-0.2, 0) is 6.54 Å². The van der Waals surface area contributed by atoms with Gasteiger partial charge in [0, 0.05) is 6.54 Å². The SMILES string of the molecule is Cc1cc(CN)ccc1OC(C)c1ccccc1. The van der Waals surface area contributed by atoms with E-state index in [0.717, 1.165) is 16.9 Å². The van der Waals surface area contributed by atoms with Gasteiger partial charge in [0.2, 0.25) is 0 Å². The fourth-order valence-corrected chi connectivity index (χ4v) is 1.95. The molecule has 0 aliphatic rings. The fourth-order valence-electron chi connectivity index (χ4n) is 1.95. The molecule has 0 aliphatic heterocycles. The molecule has 0 bridgehead atoms. The Bertz CT molecular complexity index is 508. The molecule has 0 saturated carbocycles.